The van der Waals surface area contributed by atoms with Crippen molar-refractivity contribution in [2.75, 3.05) is 78.8 Å². The molecule has 0 aromatic heterocycles. The zero-order valence-corrected chi connectivity index (χ0v) is 11.2. The summed E-state index contributed by atoms with van der Waals surface area (Å²) in [4.78, 5) is 0. The van der Waals surface area contributed by atoms with E-state index in [9.17, 15) is 0 Å². The number of aliphatic hydroxyl groups excluding tert-OH is 4. The molecule has 0 radical (unpaired) electrons. The molecule has 18 heavy (non-hydrogen) atoms. The number of hydrogen-bond acceptors (Lipinski definition) is 4. The second kappa shape index (κ2) is 7.37. The van der Waals surface area contributed by atoms with Gasteiger partial charge in [0.1, 0.15) is 52.4 Å². The molecular weight excluding hydrogens is 236 g/mol. The topological polar surface area (TPSA) is 80.9 Å². The Labute approximate surface area is 109 Å². The molecule has 0 bridgehead atoms. The quantitative estimate of drug-likeness (QED) is 0.369. The van der Waals surface area contributed by atoms with Gasteiger partial charge in [0, 0.05) is 0 Å². The van der Waals surface area contributed by atoms with Gasteiger partial charge >= 0.3 is 0 Å². The minimum Gasteiger partial charge on any atom is -0.391 e. The molecule has 0 aliphatic carbocycles. The first-order chi connectivity index (χ1) is 8.66. The van der Waals surface area contributed by atoms with Crippen LogP contribution in [0.25, 0.3) is 0 Å². The van der Waals surface area contributed by atoms with Crippen molar-refractivity contribution in [2.45, 2.75) is 0 Å². The molecule has 1 fully saturated rings. The second-order valence-corrected chi connectivity index (χ2v) is 5.37. The van der Waals surface area contributed by atoms with Crippen LogP contribution in [-0.4, -0.2) is 108 Å². The number of aliphatic hydroxyl groups is 4. The molecule has 0 saturated carbocycles. The van der Waals surface area contributed by atoms with Crippen LogP contribution in [0.4, 0.5) is 0 Å². The molecule has 0 aromatic carbocycles. The summed E-state index contributed by atoms with van der Waals surface area (Å²) >= 11 is 0. The summed E-state index contributed by atoms with van der Waals surface area (Å²) in [5.74, 6) is 0. The Bertz CT molecular complexity index is 190. The van der Waals surface area contributed by atoms with Crippen LogP contribution in [0.1, 0.15) is 0 Å². The molecule has 1 saturated heterocycles. The van der Waals surface area contributed by atoms with E-state index in [4.69, 9.17) is 20.4 Å². The standard InChI is InChI=1S/C12H28N2O4/c15-9-5-13(6-10-16)1-2-14(4-3-13,7-11-17)8-12-18/h15-18H,1-12H2/q+2. The van der Waals surface area contributed by atoms with Crippen LogP contribution < -0.4 is 0 Å². The van der Waals surface area contributed by atoms with Gasteiger partial charge in [-0.2, -0.15) is 0 Å². The van der Waals surface area contributed by atoms with Crippen molar-refractivity contribution in [1.82, 2.24) is 0 Å². The summed E-state index contributed by atoms with van der Waals surface area (Å²) in [5, 5.41) is 36.7. The van der Waals surface area contributed by atoms with Gasteiger partial charge in [0.05, 0.1) is 26.4 Å². The summed E-state index contributed by atoms with van der Waals surface area (Å²) in [5.41, 5.74) is 0. The van der Waals surface area contributed by atoms with Crippen molar-refractivity contribution in [2.24, 2.45) is 0 Å². The van der Waals surface area contributed by atoms with E-state index in [2.05, 4.69) is 0 Å². The third-order valence-electron chi connectivity index (χ3n) is 4.39. The number of quaternary nitrogens is 2. The largest absolute Gasteiger partial charge is 0.391 e. The third kappa shape index (κ3) is 3.88. The van der Waals surface area contributed by atoms with E-state index < -0.39 is 0 Å². The van der Waals surface area contributed by atoms with Crippen molar-refractivity contribution in [3.63, 3.8) is 0 Å². The first-order valence-electron chi connectivity index (χ1n) is 6.79. The van der Waals surface area contributed by atoms with Gasteiger partial charge in [-0.3, -0.25) is 0 Å². The van der Waals surface area contributed by atoms with Crippen LogP contribution in [0.3, 0.4) is 0 Å². The van der Waals surface area contributed by atoms with Gasteiger partial charge in [0.15, 0.2) is 0 Å². The maximum Gasteiger partial charge on any atom is 0.129 e. The molecule has 0 amide bonds. The van der Waals surface area contributed by atoms with Crippen LogP contribution in [0.5, 0.6) is 0 Å². The molecule has 6 nitrogen and oxygen atoms in total. The number of rotatable bonds is 8. The Balaban J connectivity index is 2.64. The fourth-order valence-corrected chi connectivity index (χ4v) is 3.04. The molecule has 1 rings (SSSR count). The molecule has 1 aliphatic rings. The third-order valence-corrected chi connectivity index (χ3v) is 4.39. The van der Waals surface area contributed by atoms with E-state index in [1.165, 1.54) is 0 Å². The fourth-order valence-electron chi connectivity index (χ4n) is 3.04. The summed E-state index contributed by atoms with van der Waals surface area (Å²) in [6, 6.07) is 0. The molecule has 6 heteroatoms. The Kier molecular flexibility index (Phi) is 6.48. The van der Waals surface area contributed by atoms with Gasteiger partial charge in [-0.05, 0) is 0 Å². The number of nitrogens with zero attached hydrogens (tertiary/aromatic N) is 2. The first kappa shape index (κ1) is 15.8. The van der Waals surface area contributed by atoms with E-state index in [0.29, 0.717) is 26.2 Å². The highest BCUT2D eigenvalue weighted by atomic mass is 16.3. The Morgan fingerprint density at radius 2 is 0.722 bits per heavy atom. The molecular formula is C12H28N2O4+2. The summed E-state index contributed by atoms with van der Waals surface area (Å²) in [6.07, 6.45) is 0. The molecule has 0 spiro atoms. The molecule has 4 N–H and O–H groups in total. The van der Waals surface area contributed by atoms with Gasteiger partial charge in [0.2, 0.25) is 0 Å². The summed E-state index contributed by atoms with van der Waals surface area (Å²) < 4.78 is 1.51. The zero-order valence-electron chi connectivity index (χ0n) is 11.2. The molecule has 108 valence electrons. The molecule has 0 unspecified atom stereocenters. The van der Waals surface area contributed by atoms with Crippen molar-refractivity contribution in [3.05, 3.63) is 0 Å². The highest BCUT2D eigenvalue weighted by molar-refractivity contribution is 4.56. The van der Waals surface area contributed by atoms with E-state index in [0.717, 1.165) is 35.1 Å². The lowest BCUT2D eigenvalue weighted by molar-refractivity contribution is -1.03. The monoisotopic (exact) mass is 264 g/mol. The summed E-state index contributed by atoms with van der Waals surface area (Å²) in [6.45, 7) is 6.83. The van der Waals surface area contributed by atoms with Gasteiger partial charge in [-0.25, -0.2) is 0 Å². The van der Waals surface area contributed by atoms with Gasteiger partial charge < -0.3 is 29.4 Å². The lowest BCUT2D eigenvalue weighted by Crippen LogP contribution is -2.69. The SMILES string of the molecule is OCC[N+]1(CCO)CC[N+](CCO)(CCO)CC1. The first-order valence-corrected chi connectivity index (χ1v) is 6.79. The van der Waals surface area contributed by atoms with Gasteiger partial charge in [-0.15, -0.1) is 0 Å². The lowest BCUT2D eigenvalue weighted by Gasteiger charge is -2.49. The van der Waals surface area contributed by atoms with Crippen molar-refractivity contribution >= 4 is 0 Å². The Hall–Kier alpha value is -0.240. The van der Waals surface area contributed by atoms with Gasteiger partial charge in [0.25, 0.3) is 0 Å². The predicted octanol–water partition coefficient (Wildman–Crippen LogP) is -2.40. The van der Waals surface area contributed by atoms with Crippen LogP contribution in [0.15, 0.2) is 0 Å². The smallest absolute Gasteiger partial charge is 0.129 e. The van der Waals surface area contributed by atoms with E-state index in [-0.39, 0.29) is 26.4 Å². The normalized spacial score (nSPS) is 22.0. The number of hydrogen-bond donors (Lipinski definition) is 4. The highest BCUT2D eigenvalue weighted by Gasteiger charge is 2.40. The average molecular weight is 264 g/mol. The summed E-state index contributed by atoms with van der Waals surface area (Å²) in [7, 11) is 0. The van der Waals surface area contributed by atoms with Crippen molar-refractivity contribution in [1.29, 1.82) is 0 Å². The Morgan fingerprint density at radius 1 is 0.500 bits per heavy atom. The van der Waals surface area contributed by atoms with E-state index >= 15 is 0 Å². The number of piperazine rings is 1. The second-order valence-electron chi connectivity index (χ2n) is 5.37. The maximum absolute atomic E-state index is 9.16. The van der Waals surface area contributed by atoms with E-state index in [1.807, 2.05) is 0 Å². The van der Waals surface area contributed by atoms with E-state index in [1.54, 1.807) is 0 Å². The molecule has 1 heterocycles. The fraction of sp³-hybridized carbons (Fsp3) is 1.00. The van der Waals surface area contributed by atoms with Crippen LogP contribution in [-0.2, 0) is 0 Å². The highest BCUT2D eigenvalue weighted by Crippen LogP contribution is 2.19. The molecule has 0 atom stereocenters. The zero-order chi connectivity index (χ0) is 13.5. The van der Waals surface area contributed by atoms with Gasteiger partial charge in [-0.1, -0.05) is 0 Å². The predicted molar refractivity (Wildman–Crippen MR) is 67.8 cm³/mol. The molecule has 0 aromatic rings. The average Bonchev–Trinajstić information content (AvgIpc) is 2.35. The van der Waals surface area contributed by atoms with Crippen LogP contribution in [0.2, 0.25) is 0 Å². The van der Waals surface area contributed by atoms with Crippen LogP contribution in [0, 0.1) is 0 Å². The van der Waals surface area contributed by atoms with Crippen LogP contribution >= 0.6 is 0 Å². The maximum atomic E-state index is 9.16. The minimum atomic E-state index is 0.139. The minimum absolute atomic E-state index is 0.139. The Morgan fingerprint density at radius 3 is 0.889 bits per heavy atom. The lowest BCUT2D eigenvalue weighted by atomic mass is 10.1. The van der Waals surface area contributed by atoms with Crippen molar-refractivity contribution < 1.29 is 29.4 Å². The molecule has 1 aliphatic heterocycles. The van der Waals surface area contributed by atoms with Crippen molar-refractivity contribution in [3.8, 4) is 0 Å².